The van der Waals surface area contributed by atoms with Gasteiger partial charge in [-0.25, -0.2) is 0 Å². The summed E-state index contributed by atoms with van der Waals surface area (Å²) in [7, 11) is 1.79. The molecule has 0 heterocycles. The van der Waals surface area contributed by atoms with Crippen molar-refractivity contribution in [2.45, 2.75) is 27.2 Å². The van der Waals surface area contributed by atoms with Crippen LogP contribution >= 0.6 is 0 Å². The molecule has 0 spiro atoms. The number of benzene rings is 1. The second-order valence-electron chi connectivity index (χ2n) is 5.60. The van der Waals surface area contributed by atoms with Crippen LogP contribution in [0.1, 0.15) is 27.2 Å². The lowest BCUT2D eigenvalue weighted by Crippen LogP contribution is -2.36. The van der Waals surface area contributed by atoms with Crippen molar-refractivity contribution < 1.29 is 9.53 Å². The van der Waals surface area contributed by atoms with Gasteiger partial charge in [-0.05, 0) is 37.2 Å². The van der Waals surface area contributed by atoms with Gasteiger partial charge in [-0.3, -0.25) is 4.79 Å². The van der Waals surface area contributed by atoms with Gasteiger partial charge in [0.1, 0.15) is 5.75 Å². The Labute approximate surface area is 115 Å². The minimum Gasteiger partial charge on any atom is -0.494 e. The number of carbonyl (C=O) groups excluding carboxylic acids is 1. The number of nitrogens with two attached hydrogens (primary N) is 1. The van der Waals surface area contributed by atoms with Crippen LogP contribution in [0.25, 0.3) is 0 Å². The second-order valence-corrected chi connectivity index (χ2v) is 5.60. The number of amides is 1. The Kier molecular flexibility index (Phi) is 5.36. The lowest BCUT2D eigenvalue weighted by atomic mass is 9.95. The standard InChI is InChI=1S/C15H24N2O2/c1-15(2,3)14(18)17(4)12-6-8-13(9-7-12)19-11-5-10-16/h6-9H,5,10-11,16H2,1-4H3. The maximum Gasteiger partial charge on any atom is 0.232 e. The van der Waals surface area contributed by atoms with Gasteiger partial charge in [-0.15, -0.1) is 0 Å². The molecule has 0 radical (unpaired) electrons. The van der Waals surface area contributed by atoms with Gasteiger partial charge in [-0.1, -0.05) is 20.8 Å². The molecule has 1 aromatic rings. The zero-order valence-electron chi connectivity index (χ0n) is 12.3. The van der Waals surface area contributed by atoms with E-state index in [1.807, 2.05) is 45.0 Å². The van der Waals surface area contributed by atoms with E-state index in [2.05, 4.69) is 0 Å². The van der Waals surface area contributed by atoms with Gasteiger partial charge < -0.3 is 15.4 Å². The summed E-state index contributed by atoms with van der Waals surface area (Å²) < 4.78 is 5.53. The number of hydrogen-bond donors (Lipinski definition) is 1. The molecule has 2 N–H and O–H groups in total. The minimum absolute atomic E-state index is 0.0873. The van der Waals surface area contributed by atoms with Crippen LogP contribution in [0.5, 0.6) is 5.75 Å². The second kappa shape index (κ2) is 6.57. The highest BCUT2D eigenvalue weighted by Crippen LogP contribution is 2.23. The SMILES string of the molecule is CN(C(=O)C(C)(C)C)c1ccc(OCCCN)cc1. The Morgan fingerprint density at radius 2 is 1.84 bits per heavy atom. The number of rotatable bonds is 5. The third-order valence-corrected chi connectivity index (χ3v) is 2.79. The molecule has 0 saturated carbocycles. The highest BCUT2D eigenvalue weighted by atomic mass is 16.5. The van der Waals surface area contributed by atoms with Crippen molar-refractivity contribution in [2.24, 2.45) is 11.1 Å². The highest BCUT2D eigenvalue weighted by molar-refractivity contribution is 5.96. The number of nitrogens with zero attached hydrogens (tertiary/aromatic N) is 1. The van der Waals surface area contributed by atoms with Crippen LogP contribution in [0, 0.1) is 5.41 Å². The minimum atomic E-state index is -0.384. The van der Waals surface area contributed by atoms with E-state index in [-0.39, 0.29) is 11.3 Å². The van der Waals surface area contributed by atoms with Gasteiger partial charge in [0.25, 0.3) is 0 Å². The first kappa shape index (κ1) is 15.5. The number of hydrogen-bond acceptors (Lipinski definition) is 3. The predicted molar refractivity (Wildman–Crippen MR) is 78.5 cm³/mol. The lowest BCUT2D eigenvalue weighted by Gasteiger charge is -2.26. The summed E-state index contributed by atoms with van der Waals surface area (Å²) in [4.78, 5) is 13.8. The molecule has 0 fully saturated rings. The molecule has 0 bridgehead atoms. The van der Waals surface area contributed by atoms with Crippen LogP contribution in [0.4, 0.5) is 5.69 Å². The molecule has 0 saturated heterocycles. The molecular formula is C15H24N2O2. The Morgan fingerprint density at radius 1 is 1.26 bits per heavy atom. The van der Waals surface area contributed by atoms with Gasteiger partial charge in [0.05, 0.1) is 6.61 Å². The van der Waals surface area contributed by atoms with Crippen LogP contribution < -0.4 is 15.4 Å². The van der Waals surface area contributed by atoms with Crippen molar-refractivity contribution >= 4 is 11.6 Å². The summed E-state index contributed by atoms with van der Waals surface area (Å²) in [6.07, 6.45) is 0.837. The Balaban J connectivity index is 2.68. The molecule has 1 amide bonds. The van der Waals surface area contributed by atoms with Gasteiger partial charge in [0, 0.05) is 18.2 Å². The molecule has 0 aliphatic rings. The fraction of sp³-hybridized carbons (Fsp3) is 0.533. The van der Waals surface area contributed by atoms with Crippen molar-refractivity contribution in [3.8, 4) is 5.75 Å². The number of ether oxygens (including phenoxy) is 1. The molecule has 0 atom stereocenters. The van der Waals surface area contributed by atoms with Crippen LogP contribution in [-0.2, 0) is 4.79 Å². The van der Waals surface area contributed by atoms with Crippen molar-refractivity contribution in [3.63, 3.8) is 0 Å². The summed E-state index contributed by atoms with van der Waals surface area (Å²) in [5.41, 5.74) is 5.89. The van der Waals surface area contributed by atoms with Gasteiger partial charge in [0.15, 0.2) is 0 Å². The van der Waals surface area contributed by atoms with Crippen molar-refractivity contribution in [2.75, 3.05) is 25.1 Å². The molecular weight excluding hydrogens is 240 g/mol. The molecule has 0 unspecified atom stereocenters. The van der Waals surface area contributed by atoms with Crippen molar-refractivity contribution in [1.82, 2.24) is 0 Å². The van der Waals surface area contributed by atoms with E-state index in [9.17, 15) is 4.79 Å². The molecule has 1 aromatic carbocycles. The van der Waals surface area contributed by atoms with Crippen LogP contribution in [0.2, 0.25) is 0 Å². The summed E-state index contributed by atoms with van der Waals surface area (Å²) in [5.74, 6) is 0.887. The van der Waals surface area contributed by atoms with Gasteiger partial charge >= 0.3 is 0 Å². The largest absolute Gasteiger partial charge is 0.494 e. The van der Waals surface area contributed by atoms with Crippen LogP contribution in [0.15, 0.2) is 24.3 Å². The third kappa shape index (κ3) is 4.56. The van der Waals surface area contributed by atoms with E-state index in [1.54, 1.807) is 11.9 Å². The molecule has 4 nitrogen and oxygen atoms in total. The van der Waals surface area contributed by atoms with Crippen LogP contribution in [0.3, 0.4) is 0 Å². The lowest BCUT2D eigenvalue weighted by molar-refractivity contribution is -0.125. The number of anilines is 1. The van der Waals surface area contributed by atoms with E-state index in [0.29, 0.717) is 13.2 Å². The summed E-state index contributed by atoms with van der Waals surface area (Å²) >= 11 is 0. The first-order chi connectivity index (χ1) is 8.86. The topological polar surface area (TPSA) is 55.6 Å². The molecule has 0 aromatic heterocycles. The zero-order valence-corrected chi connectivity index (χ0v) is 12.3. The normalized spacial score (nSPS) is 11.2. The molecule has 0 aliphatic heterocycles. The highest BCUT2D eigenvalue weighted by Gasteiger charge is 2.25. The molecule has 106 valence electrons. The fourth-order valence-electron chi connectivity index (χ4n) is 1.66. The average Bonchev–Trinajstić information content (AvgIpc) is 2.37. The van der Waals surface area contributed by atoms with E-state index >= 15 is 0 Å². The van der Waals surface area contributed by atoms with E-state index in [4.69, 9.17) is 10.5 Å². The van der Waals surface area contributed by atoms with E-state index in [1.165, 1.54) is 0 Å². The van der Waals surface area contributed by atoms with Crippen LogP contribution in [-0.4, -0.2) is 26.1 Å². The molecule has 19 heavy (non-hydrogen) atoms. The first-order valence-electron chi connectivity index (χ1n) is 6.57. The average molecular weight is 264 g/mol. The number of carbonyl (C=O) groups is 1. The summed E-state index contributed by atoms with van der Waals surface area (Å²) in [6.45, 7) is 6.98. The fourth-order valence-corrected chi connectivity index (χ4v) is 1.66. The first-order valence-corrected chi connectivity index (χ1v) is 6.57. The quantitative estimate of drug-likeness (QED) is 0.831. The summed E-state index contributed by atoms with van der Waals surface area (Å²) in [6, 6.07) is 7.53. The van der Waals surface area contributed by atoms with Gasteiger partial charge in [-0.2, -0.15) is 0 Å². The maximum absolute atomic E-state index is 12.1. The molecule has 0 aliphatic carbocycles. The van der Waals surface area contributed by atoms with Gasteiger partial charge in [0.2, 0.25) is 5.91 Å². The predicted octanol–water partition coefficient (Wildman–Crippen LogP) is 2.42. The van der Waals surface area contributed by atoms with Crippen molar-refractivity contribution in [3.05, 3.63) is 24.3 Å². The summed E-state index contributed by atoms with van der Waals surface area (Å²) in [5, 5.41) is 0. The Morgan fingerprint density at radius 3 is 2.32 bits per heavy atom. The monoisotopic (exact) mass is 264 g/mol. The Bertz CT molecular complexity index is 407. The molecule has 4 heteroatoms. The smallest absolute Gasteiger partial charge is 0.232 e. The maximum atomic E-state index is 12.1. The van der Waals surface area contributed by atoms with Crippen molar-refractivity contribution in [1.29, 1.82) is 0 Å². The van der Waals surface area contributed by atoms with E-state index < -0.39 is 0 Å². The third-order valence-electron chi connectivity index (χ3n) is 2.79. The van der Waals surface area contributed by atoms with E-state index in [0.717, 1.165) is 17.9 Å². The Hall–Kier alpha value is -1.55. The zero-order chi connectivity index (χ0) is 14.5. The molecule has 1 rings (SSSR count).